The maximum absolute atomic E-state index is 9.59. The van der Waals surface area contributed by atoms with Gasteiger partial charge in [0.1, 0.15) is 5.75 Å². The Bertz CT molecular complexity index is 569. The molecule has 1 N–H and O–H groups in total. The molecule has 0 saturated carbocycles. The molecule has 2 rings (SSSR count). The molecule has 0 radical (unpaired) electrons. The van der Waals surface area contributed by atoms with Crippen LogP contribution in [0.1, 0.15) is 12.6 Å². The Labute approximate surface area is 113 Å². The van der Waals surface area contributed by atoms with Crippen LogP contribution >= 0.6 is 0 Å². The van der Waals surface area contributed by atoms with Crippen LogP contribution in [-0.4, -0.2) is 37.4 Å². The summed E-state index contributed by atoms with van der Waals surface area (Å²) in [4.78, 5) is 6.72. The number of aromatic hydroxyl groups is 1. The second kappa shape index (κ2) is 5.89. The zero-order valence-corrected chi connectivity index (χ0v) is 11.7. The average Bonchev–Trinajstić information content (AvgIpc) is 2.42. The highest BCUT2D eigenvalue weighted by molar-refractivity contribution is 5.92. The number of ether oxygens (including phenoxy) is 1. The molecule has 0 bridgehead atoms. The molecule has 1 aromatic heterocycles. The Morgan fingerprint density at radius 2 is 2.11 bits per heavy atom. The first-order valence-corrected chi connectivity index (χ1v) is 6.48. The van der Waals surface area contributed by atoms with E-state index >= 15 is 0 Å². The van der Waals surface area contributed by atoms with Crippen molar-refractivity contribution in [2.24, 2.45) is 0 Å². The summed E-state index contributed by atoms with van der Waals surface area (Å²) in [5.74, 6) is 0.249. The van der Waals surface area contributed by atoms with Crippen molar-refractivity contribution >= 4 is 16.6 Å². The summed E-state index contributed by atoms with van der Waals surface area (Å²) >= 11 is 0. The number of likely N-dealkylation sites (N-methyl/N-ethyl adjacent to an activating group) is 1. The highest BCUT2D eigenvalue weighted by Crippen LogP contribution is 2.28. The number of phenolic OH excluding ortho intramolecular Hbond substituents is 1. The molecule has 0 aliphatic heterocycles. The SMILES string of the molecule is CCc1cc(N(C)CCOC)c2ccc(O)cc2n1. The van der Waals surface area contributed by atoms with Crippen molar-refractivity contribution in [3.05, 3.63) is 30.0 Å². The summed E-state index contributed by atoms with van der Waals surface area (Å²) in [6.45, 7) is 3.58. The van der Waals surface area contributed by atoms with Crippen molar-refractivity contribution in [3.63, 3.8) is 0 Å². The minimum absolute atomic E-state index is 0.249. The number of benzene rings is 1. The van der Waals surface area contributed by atoms with E-state index < -0.39 is 0 Å². The van der Waals surface area contributed by atoms with Gasteiger partial charge in [-0.2, -0.15) is 0 Å². The van der Waals surface area contributed by atoms with Crippen LogP contribution in [0.4, 0.5) is 5.69 Å². The Hall–Kier alpha value is -1.81. The number of aromatic nitrogens is 1. The van der Waals surface area contributed by atoms with E-state index in [9.17, 15) is 5.11 Å². The molecule has 0 aliphatic rings. The lowest BCUT2D eigenvalue weighted by molar-refractivity contribution is 0.206. The number of hydrogen-bond acceptors (Lipinski definition) is 4. The van der Waals surface area contributed by atoms with Gasteiger partial charge in [0.05, 0.1) is 12.1 Å². The predicted octanol–water partition coefficient (Wildman–Crippen LogP) is 2.59. The predicted molar refractivity (Wildman–Crippen MR) is 77.9 cm³/mol. The summed E-state index contributed by atoms with van der Waals surface area (Å²) in [6, 6.07) is 7.43. The molecule has 0 amide bonds. The molecular formula is C15H20N2O2. The van der Waals surface area contributed by atoms with E-state index in [-0.39, 0.29) is 5.75 Å². The van der Waals surface area contributed by atoms with E-state index in [1.807, 2.05) is 13.1 Å². The van der Waals surface area contributed by atoms with E-state index in [1.165, 1.54) is 0 Å². The summed E-state index contributed by atoms with van der Waals surface area (Å²) in [5.41, 5.74) is 2.98. The number of rotatable bonds is 5. The topological polar surface area (TPSA) is 45.6 Å². The van der Waals surface area contributed by atoms with E-state index in [4.69, 9.17) is 4.74 Å². The van der Waals surface area contributed by atoms with Crippen molar-refractivity contribution in [2.75, 3.05) is 32.2 Å². The second-order valence-corrected chi connectivity index (χ2v) is 4.60. The third kappa shape index (κ3) is 2.96. The summed E-state index contributed by atoms with van der Waals surface area (Å²) in [5, 5.41) is 10.6. The zero-order valence-electron chi connectivity index (χ0n) is 11.7. The number of anilines is 1. The maximum atomic E-state index is 9.59. The first-order chi connectivity index (χ1) is 9.15. The Kier molecular flexibility index (Phi) is 4.22. The molecule has 102 valence electrons. The number of methoxy groups -OCH3 is 1. The van der Waals surface area contributed by atoms with Gasteiger partial charge in [-0.15, -0.1) is 0 Å². The van der Waals surface area contributed by atoms with E-state index in [1.54, 1.807) is 19.2 Å². The molecule has 1 aromatic carbocycles. The second-order valence-electron chi connectivity index (χ2n) is 4.60. The smallest absolute Gasteiger partial charge is 0.117 e. The van der Waals surface area contributed by atoms with Crippen LogP contribution < -0.4 is 4.90 Å². The molecule has 0 saturated heterocycles. The molecule has 0 aliphatic carbocycles. The van der Waals surface area contributed by atoms with Crippen LogP contribution in [0.25, 0.3) is 10.9 Å². The van der Waals surface area contributed by atoms with Crippen LogP contribution in [0.15, 0.2) is 24.3 Å². The van der Waals surface area contributed by atoms with Gasteiger partial charge in [-0.3, -0.25) is 4.98 Å². The molecule has 1 heterocycles. The summed E-state index contributed by atoms with van der Waals surface area (Å²) in [6.07, 6.45) is 0.872. The van der Waals surface area contributed by atoms with E-state index in [2.05, 4.69) is 22.9 Å². The number of aryl methyl sites for hydroxylation is 1. The summed E-state index contributed by atoms with van der Waals surface area (Å²) < 4.78 is 5.12. The van der Waals surface area contributed by atoms with Crippen molar-refractivity contribution < 1.29 is 9.84 Å². The third-order valence-corrected chi connectivity index (χ3v) is 3.23. The van der Waals surface area contributed by atoms with E-state index in [0.29, 0.717) is 6.61 Å². The highest BCUT2D eigenvalue weighted by Gasteiger charge is 2.09. The molecule has 0 atom stereocenters. The normalized spacial score (nSPS) is 10.9. The van der Waals surface area contributed by atoms with Gasteiger partial charge in [0, 0.05) is 43.5 Å². The molecule has 4 nitrogen and oxygen atoms in total. The number of pyridine rings is 1. The largest absolute Gasteiger partial charge is 0.508 e. The van der Waals surface area contributed by atoms with Crippen LogP contribution in [-0.2, 0) is 11.2 Å². The van der Waals surface area contributed by atoms with Crippen molar-refractivity contribution in [3.8, 4) is 5.75 Å². The van der Waals surface area contributed by atoms with E-state index in [0.717, 1.165) is 35.2 Å². The van der Waals surface area contributed by atoms with Crippen LogP contribution in [0.3, 0.4) is 0 Å². The lowest BCUT2D eigenvalue weighted by Gasteiger charge is -2.21. The molecule has 2 aromatic rings. The lowest BCUT2D eigenvalue weighted by atomic mass is 10.1. The standard InChI is InChI=1S/C15H20N2O2/c1-4-11-9-15(17(2)7-8-19-3)13-6-5-12(18)10-14(13)16-11/h5-6,9-10,18H,4,7-8H2,1-3H3. The van der Waals surface area contributed by atoms with Gasteiger partial charge < -0.3 is 14.7 Å². The fraction of sp³-hybridized carbons (Fsp3) is 0.400. The van der Waals surface area contributed by atoms with Crippen LogP contribution in [0.5, 0.6) is 5.75 Å². The first-order valence-electron chi connectivity index (χ1n) is 6.48. The molecule has 0 fully saturated rings. The Morgan fingerprint density at radius 3 is 2.79 bits per heavy atom. The third-order valence-electron chi connectivity index (χ3n) is 3.23. The highest BCUT2D eigenvalue weighted by atomic mass is 16.5. The Balaban J connectivity index is 2.50. The van der Waals surface area contributed by atoms with Crippen molar-refractivity contribution in [1.29, 1.82) is 0 Å². The van der Waals surface area contributed by atoms with Gasteiger partial charge in [-0.1, -0.05) is 6.92 Å². The van der Waals surface area contributed by atoms with Gasteiger partial charge in [0.25, 0.3) is 0 Å². The quantitative estimate of drug-likeness (QED) is 0.897. The molecule has 0 spiro atoms. The zero-order chi connectivity index (χ0) is 13.8. The Morgan fingerprint density at radius 1 is 1.32 bits per heavy atom. The molecule has 4 heteroatoms. The minimum Gasteiger partial charge on any atom is -0.508 e. The van der Waals surface area contributed by atoms with Gasteiger partial charge in [0.15, 0.2) is 0 Å². The fourth-order valence-electron chi connectivity index (χ4n) is 2.10. The monoisotopic (exact) mass is 260 g/mol. The van der Waals surface area contributed by atoms with Crippen molar-refractivity contribution in [1.82, 2.24) is 4.98 Å². The summed E-state index contributed by atoms with van der Waals surface area (Å²) in [7, 11) is 3.74. The number of fused-ring (bicyclic) bond motifs is 1. The van der Waals surface area contributed by atoms with Crippen LogP contribution in [0.2, 0.25) is 0 Å². The average molecular weight is 260 g/mol. The van der Waals surface area contributed by atoms with Gasteiger partial charge in [0.2, 0.25) is 0 Å². The molecule has 0 unspecified atom stereocenters. The maximum Gasteiger partial charge on any atom is 0.117 e. The minimum atomic E-state index is 0.249. The van der Waals surface area contributed by atoms with Gasteiger partial charge >= 0.3 is 0 Å². The molecular weight excluding hydrogens is 240 g/mol. The lowest BCUT2D eigenvalue weighted by Crippen LogP contribution is -2.22. The number of hydrogen-bond donors (Lipinski definition) is 1. The number of phenols is 1. The van der Waals surface area contributed by atoms with Gasteiger partial charge in [-0.25, -0.2) is 0 Å². The first kappa shape index (κ1) is 13.6. The number of nitrogens with zero attached hydrogens (tertiary/aromatic N) is 2. The van der Waals surface area contributed by atoms with Gasteiger partial charge in [-0.05, 0) is 24.6 Å². The fourth-order valence-corrected chi connectivity index (χ4v) is 2.10. The van der Waals surface area contributed by atoms with Crippen LogP contribution in [0, 0.1) is 0 Å². The van der Waals surface area contributed by atoms with Crippen molar-refractivity contribution in [2.45, 2.75) is 13.3 Å². The molecule has 19 heavy (non-hydrogen) atoms.